The smallest absolute Gasteiger partial charge is 0.222 e. The summed E-state index contributed by atoms with van der Waals surface area (Å²) in [7, 11) is 0. The number of halogens is 1. The van der Waals surface area contributed by atoms with E-state index in [1.54, 1.807) is 6.07 Å². The van der Waals surface area contributed by atoms with Crippen LogP contribution >= 0.6 is 11.6 Å². The first-order valence-electron chi connectivity index (χ1n) is 7.26. The minimum Gasteiger partial charge on any atom is -0.379 e. The summed E-state index contributed by atoms with van der Waals surface area (Å²) in [5, 5.41) is 0.706. The summed E-state index contributed by atoms with van der Waals surface area (Å²) in [5.74, 6) is 1.09. The van der Waals surface area contributed by atoms with E-state index < -0.39 is 0 Å². The Kier molecular flexibility index (Phi) is 4.45. The maximum atomic E-state index is 6.37. The maximum Gasteiger partial charge on any atom is 0.222 e. The Labute approximate surface area is 135 Å². The first-order chi connectivity index (χ1) is 10.6. The number of aryl methyl sites for hydroxylation is 1. The monoisotopic (exact) mass is 317 g/mol. The summed E-state index contributed by atoms with van der Waals surface area (Å²) in [4.78, 5) is 10.7. The molecule has 3 rings (SSSR count). The third-order valence-electron chi connectivity index (χ3n) is 3.69. The minimum atomic E-state index is -0.0128. The van der Waals surface area contributed by atoms with E-state index in [0.717, 1.165) is 36.6 Å². The number of hydrogen-bond donors (Lipinski definition) is 1. The molecule has 2 N–H and O–H groups in total. The standard InChI is InChI=1S/C16H18ClN4O/c1-11-9-15(20-16(18)19-11)21-7-4-8-22-10-14(21)12-5-2-3-6-13(12)17/h3,5-6,9,14H,4,7-8,10H2,1H3,(H2,18,19,20). The lowest BCUT2D eigenvalue weighted by Gasteiger charge is -2.31. The van der Waals surface area contributed by atoms with Crippen molar-refractivity contribution < 1.29 is 4.74 Å². The van der Waals surface area contributed by atoms with Crippen LogP contribution in [0.4, 0.5) is 11.8 Å². The molecule has 2 heterocycles. The number of aromatic nitrogens is 2. The number of rotatable bonds is 2. The summed E-state index contributed by atoms with van der Waals surface area (Å²) in [6, 6.07) is 10.6. The van der Waals surface area contributed by atoms with Crippen molar-refractivity contribution in [2.75, 3.05) is 30.4 Å². The SMILES string of the molecule is Cc1cc(N2CCCOCC2c2c[c]ccc2Cl)nc(N)n1. The number of nitrogens with two attached hydrogens (primary N) is 1. The highest BCUT2D eigenvalue weighted by Gasteiger charge is 2.26. The van der Waals surface area contributed by atoms with Crippen LogP contribution in [0.1, 0.15) is 23.7 Å². The molecular weight excluding hydrogens is 300 g/mol. The van der Waals surface area contributed by atoms with Crippen molar-refractivity contribution in [3.8, 4) is 0 Å². The summed E-state index contributed by atoms with van der Waals surface area (Å²) >= 11 is 6.37. The van der Waals surface area contributed by atoms with E-state index >= 15 is 0 Å². The van der Waals surface area contributed by atoms with Crippen molar-refractivity contribution in [1.29, 1.82) is 0 Å². The predicted molar refractivity (Wildman–Crippen MR) is 87.0 cm³/mol. The van der Waals surface area contributed by atoms with Gasteiger partial charge in [-0.25, -0.2) is 4.98 Å². The van der Waals surface area contributed by atoms with E-state index in [1.165, 1.54) is 0 Å². The normalized spacial score (nSPS) is 19.0. The number of nitrogens with zero attached hydrogens (tertiary/aromatic N) is 3. The summed E-state index contributed by atoms with van der Waals surface area (Å²) in [6.07, 6.45) is 0.924. The molecule has 5 nitrogen and oxygen atoms in total. The van der Waals surface area contributed by atoms with Crippen LogP contribution in [0, 0.1) is 13.0 Å². The highest BCUT2D eigenvalue weighted by atomic mass is 35.5. The Morgan fingerprint density at radius 3 is 3.09 bits per heavy atom. The van der Waals surface area contributed by atoms with Gasteiger partial charge >= 0.3 is 0 Å². The topological polar surface area (TPSA) is 64.3 Å². The Morgan fingerprint density at radius 2 is 2.32 bits per heavy atom. The van der Waals surface area contributed by atoms with Gasteiger partial charge in [0.25, 0.3) is 0 Å². The van der Waals surface area contributed by atoms with E-state index in [2.05, 4.69) is 20.9 Å². The van der Waals surface area contributed by atoms with Crippen molar-refractivity contribution in [2.45, 2.75) is 19.4 Å². The predicted octanol–water partition coefficient (Wildman–Crippen LogP) is 2.79. The van der Waals surface area contributed by atoms with Gasteiger partial charge in [0.05, 0.1) is 12.6 Å². The lowest BCUT2D eigenvalue weighted by atomic mass is 10.1. The van der Waals surface area contributed by atoms with Crippen molar-refractivity contribution in [3.05, 3.63) is 46.6 Å². The molecule has 1 saturated heterocycles. The third kappa shape index (κ3) is 3.15. The van der Waals surface area contributed by atoms with Crippen LogP contribution in [0.3, 0.4) is 0 Å². The van der Waals surface area contributed by atoms with E-state index in [-0.39, 0.29) is 12.0 Å². The first kappa shape index (κ1) is 15.1. The number of hydrogen-bond acceptors (Lipinski definition) is 5. The van der Waals surface area contributed by atoms with Gasteiger partial charge in [0.2, 0.25) is 5.95 Å². The molecule has 2 aromatic rings. The second kappa shape index (κ2) is 6.50. The maximum absolute atomic E-state index is 6.37. The summed E-state index contributed by atoms with van der Waals surface area (Å²) in [6.45, 7) is 4.02. The van der Waals surface area contributed by atoms with Crippen LogP contribution in [0.2, 0.25) is 5.02 Å². The molecule has 1 unspecified atom stereocenters. The van der Waals surface area contributed by atoms with Gasteiger partial charge < -0.3 is 15.4 Å². The lowest BCUT2D eigenvalue weighted by Crippen LogP contribution is -2.32. The molecule has 0 saturated carbocycles. The Balaban J connectivity index is 2.03. The van der Waals surface area contributed by atoms with Crippen molar-refractivity contribution in [2.24, 2.45) is 0 Å². The molecule has 6 heteroatoms. The molecule has 0 aliphatic carbocycles. The number of anilines is 2. The molecule has 1 atom stereocenters. The van der Waals surface area contributed by atoms with Crippen molar-refractivity contribution >= 4 is 23.4 Å². The fourth-order valence-electron chi connectivity index (χ4n) is 2.71. The van der Waals surface area contributed by atoms with Crippen LogP contribution < -0.4 is 10.6 Å². The molecule has 1 radical (unpaired) electrons. The minimum absolute atomic E-state index is 0.0128. The molecule has 1 fully saturated rings. The number of ether oxygens (including phenoxy) is 1. The largest absolute Gasteiger partial charge is 0.379 e. The number of nitrogen functional groups attached to an aromatic ring is 1. The molecule has 1 aliphatic heterocycles. The average molecular weight is 318 g/mol. The van der Waals surface area contributed by atoms with Gasteiger partial charge in [-0.3, -0.25) is 0 Å². The van der Waals surface area contributed by atoms with Gasteiger partial charge in [-0.05, 0) is 37.1 Å². The quantitative estimate of drug-likeness (QED) is 0.922. The molecule has 115 valence electrons. The Morgan fingerprint density at radius 1 is 1.45 bits per heavy atom. The van der Waals surface area contributed by atoms with Crippen LogP contribution in [0.25, 0.3) is 0 Å². The van der Waals surface area contributed by atoms with E-state index in [9.17, 15) is 0 Å². The Hall–Kier alpha value is -1.85. The molecular formula is C16H18ClN4O. The third-order valence-corrected chi connectivity index (χ3v) is 4.04. The van der Waals surface area contributed by atoms with Gasteiger partial charge in [0.1, 0.15) is 5.82 Å². The van der Waals surface area contributed by atoms with Crippen LogP contribution in [0.15, 0.2) is 24.3 Å². The zero-order chi connectivity index (χ0) is 15.5. The van der Waals surface area contributed by atoms with Gasteiger partial charge in [0.15, 0.2) is 0 Å². The summed E-state index contributed by atoms with van der Waals surface area (Å²) in [5.41, 5.74) is 7.64. The van der Waals surface area contributed by atoms with Crippen LogP contribution in [0.5, 0.6) is 0 Å². The van der Waals surface area contributed by atoms with Crippen LogP contribution in [-0.2, 0) is 4.74 Å². The molecule has 0 bridgehead atoms. The van der Waals surface area contributed by atoms with Crippen LogP contribution in [-0.4, -0.2) is 29.7 Å². The second-order valence-electron chi connectivity index (χ2n) is 5.31. The highest BCUT2D eigenvalue weighted by molar-refractivity contribution is 6.31. The number of benzene rings is 1. The Bertz CT molecular complexity index is 644. The zero-order valence-electron chi connectivity index (χ0n) is 12.4. The van der Waals surface area contributed by atoms with Gasteiger partial charge in [-0.1, -0.05) is 17.7 Å². The van der Waals surface area contributed by atoms with Crippen molar-refractivity contribution in [3.63, 3.8) is 0 Å². The molecule has 22 heavy (non-hydrogen) atoms. The molecule has 1 aromatic carbocycles. The zero-order valence-corrected chi connectivity index (χ0v) is 13.2. The van der Waals surface area contributed by atoms with E-state index in [0.29, 0.717) is 11.6 Å². The van der Waals surface area contributed by atoms with Gasteiger partial charge in [-0.15, -0.1) is 0 Å². The molecule has 1 aromatic heterocycles. The first-order valence-corrected chi connectivity index (χ1v) is 7.64. The van der Waals surface area contributed by atoms with Crippen molar-refractivity contribution in [1.82, 2.24) is 9.97 Å². The molecule has 0 amide bonds. The van der Waals surface area contributed by atoms with E-state index in [1.807, 2.05) is 25.1 Å². The fraction of sp³-hybridized carbons (Fsp3) is 0.375. The molecule has 0 spiro atoms. The average Bonchev–Trinajstić information content (AvgIpc) is 2.72. The summed E-state index contributed by atoms with van der Waals surface area (Å²) < 4.78 is 5.74. The van der Waals surface area contributed by atoms with E-state index in [4.69, 9.17) is 22.1 Å². The highest BCUT2D eigenvalue weighted by Crippen LogP contribution is 2.32. The van der Waals surface area contributed by atoms with Gasteiger partial charge in [-0.2, -0.15) is 4.98 Å². The lowest BCUT2D eigenvalue weighted by molar-refractivity contribution is 0.134. The second-order valence-corrected chi connectivity index (χ2v) is 5.72. The molecule has 1 aliphatic rings. The fourth-order valence-corrected chi connectivity index (χ4v) is 2.95. The van der Waals surface area contributed by atoms with Gasteiger partial charge in [0, 0.05) is 29.9 Å².